The molecule has 1 heterocycles. The standard InChI is InChI=1S/C14H12ClN3O2/c15-13-6-11(4-3-10(13)2-1-5-19)14(20)17-8-12-7-16-9-18-12/h3-4,6-7,9,19H,5,8H2,(H,16,18)(H,17,20). The van der Waals surface area contributed by atoms with Gasteiger partial charge in [0.25, 0.3) is 5.91 Å². The van der Waals surface area contributed by atoms with Crippen molar-refractivity contribution >= 4 is 17.5 Å². The number of hydrogen-bond acceptors (Lipinski definition) is 3. The van der Waals surface area contributed by atoms with E-state index in [2.05, 4.69) is 27.1 Å². The Labute approximate surface area is 121 Å². The number of nitrogens with zero attached hydrogens (tertiary/aromatic N) is 1. The zero-order valence-electron chi connectivity index (χ0n) is 10.5. The number of aromatic nitrogens is 2. The molecule has 5 nitrogen and oxygen atoms in total. The van der Waals surface area contributed by atoms with Crippen molar-refractivity contribution in [2.75, 3.05) is 6.61 Å². The average molecular weight is 290 g/mol. The summed E-state index contributed by atoms with van der Waals surface area (Å²) in [5, 5.41) is 11.8. The van der Waals surface area contributed by atoms with Gasteiger partial charge < -0.3 is 15.4 Å². The Balaban J connectivity index is 2.05. The minimum Gasteiger partial charge on any atom is -0.384 e. The van der Waals surface area contributed by atoms with Crippen LogP contribution in [0.4, 0.5) is 0 Å². The third-order valence-corrected chi connectivity index (χ3v) is 2.84. The van der Waals surface area contributed by atoms with E-state index < -0.39 is 0 Å². The molecule has 0 aliphatic rings. The van der Waals surface area contributed by atoms with Crippen LogP contribution < -0.4 is 5.32 Å². The highest BCUT2D eigenvalue weighted by atomic mass is 35.5. The molecular formula is C14H12ClN3O2. The van der Waals surface area contributed by atoms with Gasteiger partial charge >= 0.3 is 0 Å². The fraction of sp³-hybridized carbons (Fsp3) is 0.143. The number of aliphatic hydroxyl groups is 1. The Hall–Kier alpha value is -2.29. The number of aliphatic hydroxyl groups excluding tert-OH is 1. The van der Waals surface area contributed by atoms with E-state index in [0.717, 1.165) is 5.69 Å². The highest BCUT2D eigenvalue weighted by Crippen LogP contribution is 2.17. The van der Waals surface area contributed by atoms with Gasteiger partial charge in [-0.2, -0.15) is 0 Å². The van der Waals surface area contributed by atoms with Crippen LogP contribution in [0.1, 0.15) is 21.6 Å². The first-order chi connectivity index (χ1) is 9.70. The summed E-state index contributed by atoms with van der Waals surface area (Å²) in [6.45, 7) is 0.130. The SMILES string of the molecule is O=C(NCc1cnc[nH]1)c1ccc(C#CCO)c(Cl)c1. The highest BCUT2D eigenvalue weighted by Gasteiger charge is 2.08. The van der Waals surface area contributed by atoms with E-state index >= 15 is 0 Å². The van der Waals surface area contributed by atoms with Crippen molar-refractivity contribution in [3.63, 3.8) is 0 Å². The fourth-order valence-corrected chi connectivity index (χ4v) is 1.78. The van der Waals surface area contributed by atoms with E-state index in [0.29, 0.717) is 22.7 Å². The molecule has 0 aliphatic heterocycles. The van der Waals surface area contributed by atoms with E-state index in [1.54, 1.807) is 30.7 Å². The van der Waals surface area contributed by atoms with Crippen LogP contribution in [0.2, 0.25) is 5.02 Å². The van der Waals surface area contributed by atoms with Crippen molar-refractivity contribution in [1.29, 1.82) is 0 Å². The number of carbonyl (C=O) groups excluding carboxylic acids is 1. The lowest BCUT2D eigenvalue weighted by molar-refractivity contribution is 0.0950. The van der Waals surface area contributed by atoms with E-state index in [9.17, 15) is 4.79 Å². The second-order valence-electron chi connectivity index (χ2n) is 3.91. The van der Waals surface area contributed by atoms with Gasteiger partial charge in [0.1, 0.15) is 6.61 Å². The Morgan fingerprint density at radius 1 is 1.50 bits per heavy atom. The zero-order valence-corrected chi connectivity index (χ0v) is 11.2. The number of nitrogens with one attached hydrogen (secondary N) is 2. The van der Waals surface area contributed by atoms with Crippen molar-refractivity contribution in [1.82, 2.24) is 15.3 Å². The van der Waals surface area contributed by atoms with E-state index in [1.165, 1.54) is 0 Å². The smallest absolute Gasteiger partial charge is 0.251 e. The van der Waals surface area contributed by atoms with Gasteiger partial charge in [0.2, 0.25) is 0 Å². The van der Waals surface area contributed by atoms with Crippen molar-refractivity contribution < 1.29 is 9.90 Å². The number of H-pyrrole nitrogens is 1. The number of benzene rings is 1. The maximum atomic E-state index is 11.9. The molecule has 0 saturated carbocycles. The summed E-state index contributed by atoms with van der Waals surface area (Å²) in [5.74, 6) is 4.98. The topological polar surface area (TPSA) is 78.0 Å². The molecular weight excluding hydrogens is 278 g/mol. The molecule has 0 aliphatic carbocycles. The summed E-state index contributed by atoms with van der Waals surface area (Å²) in [5.41, 5.74) is 1.84. The highest BCUT2D eigenvalue weighted by molar-refractivity contribution is 6.32. The predicted molar refractivity (Wildman–Crippen MR) is 75.2 cm³/mol. The Morgan fingerprint density at radius 3 is 3.00 bits per heavy atom. The molecule has 0 saturated heterocycles. The average Bonchev–Trinajstić information content (AvgIpc) is 2.96. The first-order valence-electron chi connectivity index (χ1n) is 5.85. The van der Waals surface area contributed by atoms with Gasteiger partial charge in [-0.25, -0.2) is 4.98 Å². The largest absolute Gasteiger partial charge is 0.384 e. The number of hydrogen-bond donors (Lipinski definition) is 3. The number of carbonyl (C=O) groups is 1. The van der Waals surface area contributed by atoms with Gasteiger partial charge in [-0.05, 0) is 18.2 Å². The molecule has 6 heteroatoms. The van der Waals surface area contributed by atoms with Crippen LogP contribution in [0.5, 0.6) is 0 Å². The third-order valence-electron chi connectivity index (χ3n) is 2.53. The maximum absolute atomic E-state index is 11.9. The quantitative estimate of drug-likeness (QED) is 0.746. The van der Waals surface area contributed by atoms with Crippen molar-refractivity contribution in [3.05, 3.63) is 52.6 Å². The Bertz CT molecular complexity index is 657. The molecule has 0 radical (unpaired) electrons. The second-order valence-corrected chi connectivity index (χ2v) is 4.32. The molecule has 1 amide bonds. The summed E-state index contributed by atoms with van der Waals surface area (Å²) >= 11 is 6.03. The molecule has 2 rings (SSSR count). The lowest BCUT2D eigenvalue weighted by Gasteiger charge is -2.05. The number of aromatic amines is 1. The normalized spacial score (nSPS) is 9.70. The van der Waals surface area contributed by atoms with Crippen molar-refractivity contribution in [2.24, 2.45) is 0 Å². The zero-order chi connectivity index (χ0) is 14.4. The summed E-state index contributed by atoms with van der Waals surface area (Å²) in [7, 11) is 0. The van der Waals surface area contributed by atoms with Crippen molar-refractivity contribution in [3.8, 4) is 11.8 Å². The second kappa shape index (κ2) is 6.75. The van der Waals surface area contributed by atoms with Gasteiger partial charge in [-0.15, -0.1) is 0 Å². The molecule has 20 heavy (non-hydrogen) atoms. The Morgan fingerprint density at radius 2 is 2.35 bits per heavy atom. The van der Waals surface area contributed by atoms with Crippen LogP contribution >= 0.6 is 11.6 Å². The monoisotopic (exact) mass is 289 g/mol. The number of imidazole rings is 1. The minimum absolute atomic E-state index is 0.233. The molecule has 0 atom stereocenters. The number of amides is 1. The summed E-state index contributed by atoms with van der Waals surface area (Å²) in [4.78, 5) is 18.7. The summed E-state index contributed by atoms with van der Waals surface area (Å²) in [6.07, 6.45) is 3.19. The lowest BCUT2D eigenvalue weighted by Crippen LogP contribution is -2.22. The molecule has 0 fully saturated rings. The minimum atomic E-state index is -0.233. The number of rotatable bonds is 3. The van der Waals surface area contributed by atoms with Gasteiger partial charge in [-0.3, -0.25) is 4.79 Å². The van der Waals surface area contributed by atoms with Gasteiger partial charge in [0, 0.05) is 17.3 Å². The summed E-state index contributed by atoms with van der Waals surface area (Å²) in [6, 6.07) is 4.83. The lowest BCUT2D eigenvalue weighted by atomic mass is 10.1. The molecule has 1 aromatic heterocycles. The molecule has 102 valence electrons. The maximum Gasteiger partial charge on any atom is 0.251 e. The van der Waals surface area contributed by atoms with Crippen LogP contribution in [0.3, 0.4) is 0 Å². The third kappa shape index (κ3) is 3.60. The van der Waals surface area contributed by atoms with Gasteiger partial charge in [0.15, 0.2) is 0 Å². The van der Waals surface area contributed by atoms with Gasteiger partial charge in [0.05, 0.1) is 23.6 Å². The van der Waals surface area contributed by atoms with E-state index in [4.69, 9.17) is 16.7 Å². The van der Waals surface area contributed by atoms with Crippen LogP contribution in [0.15, 0.2) is 30.7 Å². The molecule has 2 aromatic rings. The van der Waals surface area contributed by atoms with Crippen LogP contribution in [-0.4, -0.2) is 27.6 Å². The van der Waals surface area contributed by atoms with Gasteiger partial charge in [-0.1, -0.05) is 23.4 Å². The van der Waals surface area contributed by atoms with Crippen LogP contribution in [0.25, 0.3) is 0 Å². The molecule has 0 unspecified atom stereocenters. The van der Waals surface area contributed by atoms with Crippen LogP contribution in [0, 0.1) is 11.8 Å². The molecule has 1 aromatic carbocycles. The Kier molecular flexibility index (Phi) is 4.77. The fourth-order valence-electron chi connectivity index (χ4n) is 1.55. The van der Waals surface area contributed by atoms with E-state index in [1.807, 2.05) is 0 Å². The van der Waals surface area contributed by atoms with E-state index in [-0.39, 0.29) is 12.5 Å². The van der Waals surface area contributed by atoms with Crippen molar-refractivity contribution in [2.45, 2.75) is 6.54 Å². The first-order valence-corrected chi connectivity index (χ1v) is 6.23. The van der Waals surface area contributed by atoms with Crippen LogP contribution in [-0.2, 0) is 6.54 Å². The molecule has 0 spiro atoms. The molecule has 0 bridgehead atoms. The number of halogens is 1. The molecule has 3 N–H and O–H groups in total. The first kappa shape index (κ1) is 14.1. The summed E-state index contributed by atoms with van der Waals surface area (Å²) < 4.78 is 0. The predicted octanol–water partition coefficient (Wildman–Crippen LogP) is 1.34.